The van der Waals surface area contributed by atoms with Gasteiger partial charge in [0.25, 0.3) is 0 Å². The molecule has 0 radical (unpaired) electrons. The first-order valence-electron chi connectivity index (χ1n) is 10.4. The summed E-state index contributed by atoms with van der Waals surface area (Å²) in [5.41, 5.74) is 0.514. The Labute approximate surface area is 182 Å². The monoisotopic (exact) mass is 448 g/mol. The molecule has 2 fully saturated rings. The molecule has 0 spiro atoms. The average Bonchev–Trinajstić information content (AvgIpc) is 3.01. The summed E-state index contributed by atoms with van der Waals surface area (Å²) in [6, 6.07) is 0. The van der Waals surface area contributed by atoms with Crippen LogP contribution >= 0.6 is 0 Å². The van der Waals surface area contributed by atoms with Crippen LogP contribution in [0.4, 0.5) is 0 Å². The molecule has 0 aromatic rings. The maximum atomic E-state index is 10.2. The second-order valence-corrected chi connectivity index (χ2v) is 8.44. The summed E-state index contributed by atoms with van der Waals surface area (Å²) in [6.45, 7) is 4.84. The highest BCUT2D eigenvalue weighted by Crippen LogP contribution is 2.27. The van der Waals surface area contributed by atoms with E-state index in [1.54, 1.807) is 0 Å². The summed E-state index contributed by atoms with van der Waals surface area (Å²) in [5, 5.41) is 59.7. The van der Waals surface area contributed by atoms with Crippen LogP contribution in [-0.4, -0.2) is 106 Å². The molecule has 2 aliphatic heterocycles. The number of aliphatic hydroxyl groups is 6. The highest BCUT2D eigenvalue weighted by atomic mass is 16.7. The van der Waals surface area contributed by atoms with Crippen LogP contribution in [0.1, 0.15) is 33.6 Å². The van der Waals surface area contributed by atoms with Crippen molar-refractivity contribution in [1.29, 1.82) is 0 Å². The van der Waals surface area contributed by atoms with E-state index in [1.165, 1.54) is 5.57 Å². The van der Waals surface area contributed by atoms with Crippen LogP contribution in [0.15, 0.2) is 23.3 Å². The molecule has 2 heterocycles. The maximum Gasteiger partial charge on any atom is 0.187 e. The van der Waals surface area contributed by atoms with Crippen LogP contribution in [-0.2, 0) is 18.9 Å². The largest absolute Gasteiger partial charge is 0.393 e. The Kier molecular flexibility index (Phi) is 10.0. The molecular formula is C21H36O10. The highest BCUT2D eigenvalue weighted by molar-refractivity contribution is 5.02. The number of allylic oxidation sites excluding steroid dienone is 3. The van der Waals surface area contributed by atoms with Crippen molar-refractivity contribution in [1.82, 2.24) is 0 Å². The summed E-state index contributed by atoms with van der Waals surface area (Å²) in [6.07, 6.45) is -3.70. The van der Waals surface area contributed by atoms with Gasteiger partial charge in [0.2, 0.25) is 0 Å². The van der Waals surface area contributed by atoms with Gasteiger partial charge in [-0.1, -0.05) is 23.3 Å². The predicted molar refractivity (Wildman–Crippen MR) is 109 cm³/mol. The molecule has 10 nitrogen and oxygen atoms in total. The fourth-order valence-electron chi connectivity index (χ4n) is 3.29. The lowest BCUT2D eigenvalue weighted by Gasteiger charge is -2.40. The van der Waals surface area contributed by atoms with Crippen molar-refractivity contribution in [3.8, 4) is 0 Å². The second kappa shape index (κ2) is 11.8. The van der Waals surface area contributed by atoms with Crippen LogP contribution < -0.4 is 0 Å². The lowest BCUT2D eigenvalue weighted by molar-refractivity contribution is -0.307. The standard InChI is InChI=1S/C21H36O10/c1-12(2)5-4-6-13(3)7-8-28-19-17(25)16(24)15(23)14(31-19)9-29-20-18(26)21(27,10-22)11-30-20/h5,7,14-20,22-27H,4,6,8-11H2,1-3H3/b13-7+/t14-,15-,16+,17-,18-,19-,20+,21+/m1/s1. The molecule has 0 bridgehead atoms. The number of hydrogen-bond acceptors (Lipinski definition) is 10. The van der Waals surface area contributed by atoms with Crippen molar-refractivity contribution in [2.24, 2.45) is 0 Å². The van der Waals surface area contributed by atoms with Gasteiger partial charge in [-0.25, -0.2) is 0 Å². The molecule has 10 heteroatoms. The smallest absolute Gasteiger partial charge is 0.187 e. The van der Waals surface area contributed by atoms with E-state index in [0.717, 1.165) is 18.4 Å². The topological polar surface area (TPSA) is 158 Å². The van der Waals surface area contributed by atoms with Crippen molar-refractivity contribution in [2.45, 2.75) is 82.3 Å². The van der Waals surface area contributed by atoms with E-state index in [9.17, 15) is 25.5 Å². The van der Waals surface area contributed by atoms with Crippen LogP contribution in [0.25, 0.3) is 0 Å². The van der Waals surface area contributed by atoms with Crippen molar-refractivity contribution in [2.75, 3.05) is 26.4 Å². The van der Waals surface area contributed by atoms with Crippen molar-refractivity contribution < 1.29 is 49.6 Å². The zero-order valence-electron chi connectivity index (χ0n) is 18.3. The van der Waals surface area contributed by atoms with E-state index >= 15 is 0 Å². The van der Waals surface area contributed by atoms with Gasteiger partial charge >= 0.3 is 0 Å². The summed E-state index contributed by atoms with van der Waals surface area (Å²) < 4.78 is 21.6. The minimum Gasteiger partial charge on any atom is -0.393 e. The number of ether oxygens (including phenoxy) is 4. The van der Waals surface area contributed by atoms with Gasteiger partial charge in [0.05, 0.1) is 26.4 Å². The van der Waals surface area contributed by atoms with Gasteiger partial charge in [-0.3, -0.25) is 0 Å². The summed E-state index contributed by atoms with van der Waals surface area (Å²) in [5.74, 6) is 0. The third-order valence-corrected chi connectivity index (χ3v) is 5.46. The van der Waals surface area contributed by atoms with Gasteiger partial charge in [0, 0.05) is 0 Å². The summed E-state index contributed by atoms with van der Waals surface area (Å²) in [7, 11) is 0. The molecule has 2 aliphatic rings. The Morgan fingerprint density at radius 2 is 1.71 bits per heavy atom. The van der Waals surface area contributed by atoms with Crippen molar-refractivity contribution in [3.63, 3.8) is 0 Å². The molecule has 180 valence electrons. The molecule has 0 saturated carbocycles. The van der Waals surface area contributed by atoms with E-state index in [-0.39, 0.29) is 19.8 Å². The van der Waals surface area contributed by atoms with Crippen molar-refractivity contribution in [3.05, 3.63) is 23.3 Å². The van der Waals surface area contributed by atoms with Crippen LogP contribution in [0.3, 0.4) is 0 Å². The van der Waals surface area contributed by atoms with Crippen LogP contribution in [0.5, 0.6) is 0 Å². The first kappa shape index (κ1) is 26.3. The number of hydrogen-bond donors (Lipinski definition) is 6. The van der Waals surface area contributed by atoms with E-state index in [2.05, 4.69) is 6.08 Å². The lowest BCUT2D eigenvalue weighted by atomic mass is 9.99. The van der Waals surface area contributed by atoms with Gasteiger partial charge in [0.15, 0.2) is 12.6 Å². The SMILES string of the molecule is CC(C)=CCC/C(C)=C/CO[C@@H]1O[C@H](CO[C@H]2OC[C@@](O)(CO)[C@@H]2O)[C@@H](O)[C@H](O)[C@H]1O. The van der Waals surface area contributed by atoms with E-state index < -0.39 is 55.3 Å². The Balaban J connectivity index is 1.86. The van der Waals surface area contributed by atoms with Crippen LogP contribution in [0.2, 0.25) is 0 Å². The molecule has 0 aliphatic carbocycles. The maximum absolute atomic E-state index is 10.2. The van der Waals surface area contributed by atoms with E-state index in [4.69, 9.17) is 24.1 Å². The fourth-order valence-corrected chi connectivity index (χ4v) is 3.29. The predicted octanol–water partition coefficient (Wildman–Crippen LogP) is -1.04. The Morgan fingerprint density at radius 3 is 2.32 bits per heavy atom. The van der Waals surface area contributed by atoms with Gasteiger partial charge in [-0.05, 0) is 33.6 Å². The lowest BCUT2D eigenvalue weighted by Crippen LogP contribution is -2.59. The molecule has 0 aromatic heterocycles. The second-order valence-electron chi connectivity index (χ2n) is 8.44. The summed E-state index contributed by atoms with van der Waals surface area (Å²) >= 11 is 0. The van der Waals surface area contributed by atoms with Gasteiger partial charge in [0.1, 0.15) is 36.1 Å². The molecule has 31 heavy (non-hydrogen) atoms. The molecule has 8 atom stereocenters. The Hall–Kier alpha value is -0.920. The first-order valence-corrected chi connectivity index (χ1v) is 10.4. The Bertz CT molecular complexity index is 619. The fraction of sp³-hybridized carbons (Fsp3) is 0.810. The normalized spacial score (nSPS) is 39.0. The van der Waals surface area contributed by atoms with Crippen molar-refractivity contribution >= 4 is 0 Å². The minimum absolute atomic E-state index is 0.146. The molecule has 2 rings (SSSR count). The van der Waals surface area contributed by atoms with Gasteiger partial charge in [-0.15, -0.1) is 0 Å². The third-order valence-electron chi connectivity index (χ3n) is 5.46. The van der Waals surface area contributed by atoms with Gasteiger partial charge in [-0.2, -0.15) is 0 Å². The first-order chi connectivity index (χ1) is 14.6. The molecule has 0 aromatic carbocycles. The van der Waals surface area contributed by atoms with Gasteiger partial charge < -0.3 is 49.6 Å². The molecular weight excluding hydrogens is 412 g/mol. The molecule has 6 N–H and O–H groups in total. The van der Waals surface area contributed by atoms with E-state index in [0.29, 0.717) is 0 Å². The minimum atomic E-state index is -1.84. The van der Waals surface area contributed by atoms with E-state index in [1.807, 2.05) is 26.8 Å². The summed E-state index contributed by atoms with van der Waals surface area (Å²) in [4.78, 5) is 0. The zero-order chi connectivity index (χ0) is 23.2. The molecule has 0 amide bonds. The number of rotatable bonds is 10. The Morgan fingerprint density at radius 1 is 1.00 bits per heavy atom. The average molecular weight is 449 g/mol. The third kappa shape index (κ3) is 7.03. The quantitative estimate of drug-likeness (QED) is 0.228. The molecule has 2 saturated heterocycles. The van der Waals surface area contributed by atoms with Crippen LogP contribution in [0, 0.1) is 0 Å². The molecule has 0 unspecified atom stereocenters. The highest BCUT2D eigenvalue weighted by Gasteiger charge is 2.50. The zero-order valence-corrected chi connectivity index (χ0v) is 18.3. The number of aliphatic hydroxyl groups excluding tert-OH is 5.